The molecule has 26 heavy (non-hydrogen) atoms. The van der Waals surface area contributed by atoms with Crippen LogP contribution < -0.4 is 5.32 Å². The standard InChI is InChI=1S/C18H16ClN3O3S/c1-12-11-22(15-9-5-3-7-13(15)19)21-17(12)18(23)20-14-8-4-6-10-16(14)26(2,24)25/h3-11H,1-2H3,(H,20,23). The number of hydrogen-bond acceptors (Lipinski definition) is 4. The highest BCUT2D eigenvalue weighted by atomic mass is 35.5. The van der Waals surface area contributed by atoms with Gasteiger partial charge in [-0.3, -0.25) is 4.79 Å². The number of para-hydroxylation sites is 2. The molecule has 2 aromatic carbocycles. The Hall–Kier alpha value is -2.64. The molecular formula is C18H16ClN3O3S. The summed E-state index contributed by atoms with van der Waals surface area (Å²) in [5, 5.41) is 7.43. The summed E-state index contributed by atoms with van der Waals surface area (Å²) in [5.74, 6) is -0.496. The number of hydrogen-bond donors (Lipinski definition) is 1. The van der Waals surface area contributed by atoms with E-state index in [2.05, 4.69) is 10.4 Å². The van der Waals surface area contributed by atoms with Crippen LogP contribution in [0.1, 0.15) is 16.1 Å². The van der Waals surface area contributed by atoms with Crippen molar-refractivity contribution in [2.75, 3.05) is 11.6 Å². The molecule has 0 saturated heterocycles. The largest absolute Gasteiger partial charge is 0.319 e. The summed E-state index contributed by atoms with van der Waals surface area (Å²) in [4.78, 5) is 12.7. The van der Waals surface area contributed by atoms with E-state index in [0.717, 1.165) is 6.26 Å². The van der Waals surface area contributed by atoms with Crippen LogP contribution in [0.3, 0.4) is 0 Å². The second-order valence-electron chi connectivity index (χ2n) is 5.78. The number of carbonyl (C=O) groups is 1. The van der Waals surface area contributed by atoms with Crippen molar-refractivity contribution in [2.24, 2.45) is 0 Å². The van der Waals surface area contributed by atoms with E-state index in [1.54, 1.807) is 43.5 Å². The van der Waals surface area contributed by atoms with Gasteiger partial charge in [0.05, 0.1) is 21.3 Å². The third-order valence-electron chi connectivity index (χ3n) is 3.75. The molecule has 1 heterocycles. The van der Waals surface area contributed by atoms with Crippen molar-refractivity contribution in [3.8, 4) is 5.69 Å². The van der Waals surface area contributed by atoms with E-state index in [1.165, 1.54) is 16.8 Å². The normalized spacial score (nSPS) is 11.3. The minimum atomic E-state index is -3.47. The number of anilines is 1. The molecule has 3 rings (SSSR count). The maximum absolute atomic E-state index is 12.6. The third-order valence-corrected chi connectivity index (χ3v) is 5.22. The molecule has 0 fully saturated rings. The van der Waals surface area contributed by atoms with Gasteiger partial charge in [0, 0.05) is 18.0 Å². The fourth-order valence-electron chi connectivity index (χ4n) is 2.52. The van der Waals surface area contributed by atoms with Crippen LogP contribution in [0.5, 0.6) is 0 Å². The van der Waals surface area contributed by atoms with Gasteiger partial charge in [0.25, 0.3) is 5.91 Å². The number of sulfone groups is 1. The van der Waals surface area contributed by atoms with Crippen LogP contribution in [-0.2, 0) is 9.84 Å². The molecule has 3 aromatic rings. The van der Waals surface area contributed by atoms with Crippen molar-refractivity contribution in [3.63, 3.8) is 0 Å². The first-order chi connectivity index (χ1) is 12.3. The van der Waals surface area contributed by atoms with Crippen LogP contribution in [0.2, 0.25) is 5.02 Å². The maximum atomic E-state index is 12.6. The Morgan fingerprint density at radius 2 is 1.77 bits per heavy atom. The molecule has 0 unspecified atom stereocenters. The maximum Gasteiger partial charge on any atom is 0.276 e. The van der Waals surface area contributed by atoms with Crippen LogP contribution in [-0.4, -0.2) is 30.4 Å². The van der Waals surface area contributed by atoms with Gasteiger partial charge in [-0.15, -0.1) is 0 Å². The number of nitrogens with zero attached hydrogens (tertiary/aromatic N) is 2. The molecule has 0 aliphatic carbocycles. The Morgan fingerprint density at radius 3 is 2.46 bits per heavy atom. The third kappa shape index (κ3) is 3.63. The summed E-state index contributed by atoms with van der Waals surface area (Å²) in [6.45, 7) is 1.75. The molecule has 6 nitrogen and oxygen atoms in total. The lowest BCUT2D eigenvalue weighted by molar-refractivity contribution is 0.102. The fraction of sp³-hybridized carbons (Fsp3) is 0.111. The molecule has 8 heteroatoms. The molecule has 0 aliphatic heterocycles. The zero-order valence-corrected chi connectivity index (χ0v) is 15.7. The number of halogens is 1. The first kappa shape index (κ1) is 18.2. The van der Waals surface area contributed by atoms with Crippen molar-refractivity contribution < 1.29 is 13.2 Å². The Balaban J connectivity index is 1.95. The number of amides is 1. The Morgan fingerprint density at radius 1 is 1.12 bits per heavy atom. The summed E-state index contributed by atoms with van der Waals surface area (Å²) >= 11 is 6.17. The molecule has 0 saturated carbocycles. The molecule has 0 atom stereocenters. The minimum Gasteiger partial charge on any atom is -0.319 e. The van der Waals surface area contributed by atoms with Gasteiger partial charge in [0.1, 0.15) is 0 Å². The van der Waals surface area contributed by atoms with E-state index >= 15 is 0 Å². The monoisotopic (exact) mass is 389 g/mol. The van der Waals surface area contributed by atoms with Crippen molar-refractivity contribution in [1.82, 2.24) is 9.78 Å². The second kappa shape index (κ2) is 6.93. The van der Waals surface area contributed by atoms with Crippen molar-refractivity contribution in [1.29, 1.82) is 0 Å². The zero-order valence-electron chi connectivity index (χ0n) is 14.1. The van der Waals surface area contributed by atoms with E-state index in [-0.39, 0.29) is 16.3 Å². The number of rotatable bonds is 4. The topological polar surface area (TPSA) is 81.1 Å². The quantitative estimate of drug-likeness (QED) is 0.740. The average Bonchev–Trinajstić information content (AvgIpc) is 2.96. The van der Waals surface area contributed by atoms with E-state index in [1.807, 2.05) is 6.07 Å². The van der Waals surface area contributed by atoms with Crippen LogP contribution in [0.4, 0.5) is 5.69 Å². The van der Waals surface area contributed by atoms with Crippen LogP contribution in [0, 0.1) is 6.92 Å². The summed E-state index contributed by atoms with van der Waals surface area (Å²) in [7, 11) is -3.47. The molecular weight excluding hydrogens is 374 g/mol. The summed E-state index contributed by atoms with van der Waals surface area (Å²) < 4.78 is 25.3. The molecule has 0 aliphatic rings. The van der Waals surface area contributed by atoms with Gasteiger partial charge in [0.15, 0.2) is 15.5 Å². The Kier molecular flexibility index (Phi) is 4.84. The van der Waals surface area contributed by atoms with Crippen molar-refractivity contribution in [3.05, 3.63) is 71.0 Å². The van der Waals surface area contributed by atoms with Gasteiger partial charge in [-0.2, -0.15) is 5.10 Å². The van der Waals surface area contributed by atoms with Gasteiger partial charge in [-0.1, -0.05) is 35.9 Å². The predicted octanol–water partition coefficient (Wildman–Crippen LogP) is 3.49. The number of benzene rings is 2. The Bertz CT molecular complexity index is 1090. The number of aromatic nitrogens is 2. The highest BCUT2D eigenvalue weighted by Gasteiger charge is 2.19. The van der Waals surface area contributed by atoms with Crippen molar-refractivity contribution >= 4 is 33.0 Å². The lowest BCUT2D eigenvalue weighted by Crippen LogP contribution is -2.16. The van der Waals surface area contributed by atoms with E-state index < -0.39 is 15.7 Å². The number of nitrogens with one attached hydrogen (secondary N) is 1. The van der Waals surface area contributed by atoms with E-state index in [9.17, 15) is 13.2 Å². The molecule has 1 amide bonds. The predicted molar refractivity (Wildman–Crippen MR) is 101 cm³/mol. The average molecular weight is 390 g/mol. The lowest BCUT2D eigenvalue weighted by atomic mass is 10.2. The van der Waals surface area contributed by atoms with Crippen molar-refractivity contribution in [2.45, 2.75) is 11.8 Å². The highest BCUT2D eigenvalue weighted by molar-refractivity contribution is 7.90. The van der Waals surface area contributed by atoms with Gasteiger partial charge in [-0.05, 0) is 31.2 Å². The molecule has 0 bridgehead atoms. The van der Waals surface area contributed by atoms with Gasteiger partial charge in [-0.25, -0.2) is 13.1 Å². The lowest BCUT2D eigenvalue weighted by Gasteiger charge is -2.09. The van der Waals surface area contributed by atoms with Gasteiger partial charge in [0.2, 0.25) is 0 Å². The fourth-order valence-corrected chi connectivity index (χ4v) is 3.59. The van der Waals surface area contributed by atoms with Gasteiger partial charge < -0.3 is 5.32 Å². The smallest absolute Gasteiger partial charge is 0.276 e. The highest BCUT2D eigenvalue weighted by Crippen LogP contribution is 2.23. The summed E-state index contributed by atoms with van der Waals surface area (Å²) in [5.41, 5.74) is 1.69. The summed E-state index contributed by atoms with van der Waals surface area (Å²) in [6.07, 6.45) is 2.79. The van der Waals surface area contributed by atoms with Crippen LogP contribution >= 0.6 is 11.6 Å². The van der Waals surface area contributed by atoms with Crippen LogP contribution in [0.25, 0.3) is 5.69 Å². The molecule has 0 spiro atoms. The first-order valence-corrected chi connectivity index (χ1v) is 9.96. The van der Waals surface area contributed by atoms with Crippen LogP contribution in [0.15, 0.2) is 59.6 Å². The van der Waals surface area contributed by atoms with Gasteiger partial charge >= 0.3 is 0 Å². The van der Waals surface area contributed by atoms with E-state index in [4.69, 9.17) is 11.6 Å². The second-order valence-corrected chi connectivity index (χ2v) is 8.17. The Labute approximate surface area is 156 Å². The SMILES string of the molecule is Cc1cn(-c2ccccc2Cl)nc1C(=O)Nc1ccccc1S(C)(=O)=O. The summed E-state index contributed by atoms with van der Waals surface area (Å²) in [6, 6.07) is 13.4. The molecule has 0 radical (unpaired) electrons. The number of aryl methyl sites for hydroxylation is 1. The molecule has 134 valence electrons. The number of carbonyl (C=O) groups excluding carboxylic acids is 1. The molecule has 1 aromatic heterocycles. The zero-order chi connectivity index (χ0) is 18.9. The molecule has 1 N–H and O–H groups in total. The minimum absolute atomic E-state index is 0.0524. The van der Waals surface area contributed by atoms with E-state index in [0.29, 0.717) is 16.3 Å². The first-order valence-electron chi connectivity index (χ1n) is 7.69.